The lowest BCUT2D eigenvalue weighted by molar-refractivity contribution is -0.131. The van der Waals surface area contributed by atoms with Crippen LogP contribution in [0.25, 0.3) is 5.57 Å². The highest BCUT2D eigenvalue weighted by Crippen LogP contribution is 2.26. The predicted molar refractivity (Wildman–Crippen MR) is 113 cm³/mol. The van der Waals surface area contributed by atoms with Gasteiger partial charge in [0.1, 0.15) is 6.23 Å². The summed E-state index contributed by atoms with van der Waals surface area (Å²) in [6.45, 7) is 1.34. The Morgan fingerprint density at radius 2 is 1.97 bits per heavy atom. The zero-order chi connectivity index (χ0) is 22.4. The first kappa shape index (κ1) is 23.6. The number of carbonyl (C=O) groups is 1. The Morgan fingerprint density at radius 3 is 2.50 bits per heavy atom. The fourth-order valence-corrected chi connectivity index (χ4v) is 3.71. The second kappa shape index (κ2) is 9.91. The fourth-order valence-electron chi connectivity index (χ4n) is 2.87. The van der Waals surface area contributed by atoms with Gasteiger partial charge in [0.05, 0.1) is 6.61 Å². The maximum absolute atomic E-state index is 12.1. The van der Waals surface area contributed by atoms with E-state index in [2.05, 4.69) is 11.8 Å². The normalized spacial score (nSPS) is 18.1. The molecule has 1 amide bonds. The fraction of sp³-hybridized carbons (Fsp3) is 0.381. The van der Waals surface area contributed by atoms with Crippen molar-refractivity contribution in [2.75, 3.05) is 19.4 Å². The monoisotopic (exact) mass is 434 g/mol. The maximum atomic E-state index is 12.1. The number of allylic oxidation sites excluding steroid dienone is 2. The molecule has 30 heavy (non-hydrogen) atoms. The second-order valence-electron chi connectivity index (χ2n) is 7.14. The number of benzene rings is 1. The minimum absolute atomic E-state index is 0.0190. The van der Waals surface area contributed by atoms with E-state index < -0.39 is 26.7 Å². The molecular weight excluding hydrogens is 408 g/mol. The van der Waals surface area contributed by atoms with Crippen molar-refractivity contribution >= 4 is 21.3 Å². The molecule has 0 saturated carbocycles. The Hall–Kier alpha value is -2.64. The molecule has 1 heterocycles. The number of aliphatic hydroxyl groups is 2. The van der Waals surface area contributed by atoms with Crippen LogP contribution in [-0.4, -0.2) is 65.0 Å². The average Bonchev–Trinajstić information content (AvgIpc) is 2.71. The summed E-state index contributed by atoms with van der Waals surface area (Å²) >= 11 is 0. The van der Waals surface area contributed by atoms with Crippen LogP contribution >= 0.6 is 0 Å². The summed E-state index contributed by atoms with van der Waals surface area (Å²) in [6, 6.07) is 7.43. The number of hydrogen-bond acceptors (Lipinski definition) is 7. The molecule has 0 saturated heterocycles. The Labute approximate surface area is 176 Å². The van der Waals surface area contributed by atoms with E-state index in [1.165, 1.54) is 17.3 Å². The number of carbonyl (C=O) groups excluding carboxylic acids is 1. The number of nitrogens with zero attached hydrogens (tertiary/aromatic N) is 1. The topological polar surface area (TPSA) is 127 Å². The molecule has 0 spiro atoms. The summed E-state index contributed by atoms with van der Waals surface area (Å²) in [5.41, 5.74) is 3.88. The highest BCUT2D eigenvalue weighted by atomic mass is 32.2. The minimum atomic E-state index is -3.81. The lowest BCUT2D eigenvalue weighted by Gasteiger charge is -2.32. The van der Waals surface area contributed by atoms with Gasteiger partial charge >= 0.3 is 0 Å². The smallest absolute Gasteiger partial charge is 0.264 e. The first-order valence-corrected chi connectivity index (χ1v) is 11.2. The molecule has 4 N–H and O–H groups in total. The Bertz CT molecular complexity index is 989. The van der Waals surface area contributed by atoms with Gasteiger partial charge in [-0.15, -0.1) is 0 Å². The van der Waals surface area contributed by atoms with Crippen molar-refractivity contribution in [3.8, 4) is 11.8 Å². The van der Waals surface area contributed by atoms with Crippen LogP contribution in [0.2, 0.25) is 0 Å². The average molecular weight is 435 g/mol. The van der Waals surface area contributed by atoms with Crippen LogP contribution < -0.4 is 5.48 Å². The maximum Gasteiger partial charge on any atom is 0.264 e. The molecule has 0 bridgehead atoms. The van der Waals surface area contributed by atoms with Crippen LogP contribution in [0.1, 0.15) is 30.9 Å². The van der Waals surface area contributed by atoms with E-state index in [9.17, 15) is 18.3 Å². The van der Waals surface area contributed by atoms with Crippen molar-refractivity contribution in [1.82, 2.24) is 10.4 Å². The van der Waals surface area contributed by atoms with Crippen molar-refractivity contribution in [2.45, 2.75) is 30.7 Å². The number of rotatable bonds is 7. The molecule has 1 aromatic carbocycles. The lowest BCUT2D eigenvalue weighted by Crippen LogP contribution is -2.51. The summed E-state index contributed by atoms with van der Waals surface area (Å²) in [5, 5.41) is 28.1. The summed E-state index contributed by atoms with van der Waals surface area (Å²) in [6.07, 6.45) is 5.25. The molecule has 0 aromatic heterocycles. The highest BCUT2D eigenvalue weighted by Gasteiger charge is 2.43. The van der Waals surface area contributed by atoms with Gasteiger partial charge in [-0.25, -0.2) is 13.9 Å². The molecular formula is C21H26N2O6S. The number of nitrogens with one attached hydrogen (secondary N) is 1. The van der Waals surface area contributed by atoms with E-state index in [-0.39, 0.29) is 19.6 Å². The molecule has 1 aromatic rings. The molecule has 2 rings (SSSR count). The quantitative estimate of drug-likeness (QED) is 0.282. The van der Waals surface area contributed by atoms with Crippen LogP contribution in [0.15, 0.2) is 42.6 Å². The third kappa shape index (κ3) is 5.49. The van der Waals surface area contributed by atoms with Gasteiger partial charge in [0.25, 0.3) is 5.91 Å². The number of amides is 1. The van der Waals surface area contributed by atoms with Crippen LogP contribution in [-0.2, 0) is 14.6 Å². The number of hydroxylamine groups is 1. The summed E-state index contributed by atoms with van der Waals surface area (Å²) in [5.74, 6) is 4.78. The van der Waals surface area contributed by atoms with Crippen molar-refractivity contribution < 1.29 is 28.6 Å². The van der Waals surface area contributed by atoms with Gasteiger partial charge in [-0.05, 0) is 48.8 Å². The van der Waals surface area contributed by atoms with E-state index in [0.29, 0.717) is 6.42 Å². The van der Waals surface area contributed by atoms with Crippen molar-refractivity contribution in [2.24, 2.45) is 0 Å². The zero-order valence-electron chi connectivity index (χ0n) is 16.9. The number of aliphatic hydroxyl groups excluding tert-OH is 2. The summed E-state index contributed by atoms with van der Waals surface area (Å²) in [7, 11) is -3.81. The highest BCUT2D eigenvalue weighted by molar-refractivity contribution is 7.92. The van der Waals surface area contributed by atoms with E-state index >= 15 is 0 Å². The van der Waals surface area contributed by atoms with Crippen molar-refractivity contribution in [1.29, 1.82) is 0 Å². The molecule has 1 unspecified atom stereocenters. The van der Waals surface area contributed by atoms with Gasteiger partial charge in [-0.1, -0.05) is 24.0 Å². The molecule has 2 atom stereocenters. The van der Waals surface area contributed by atoms with Crippen molar-refractivity contribution in [3.05, 3.63) is 53.7 Å². The molecule has 1 aliphatic rings. The van der Waals surface area contributed by atoms with Gasteiger partial charge in [0.15, 0.2) is 14.6 Å². The molecule has 8 nitrogen and oxygen atoms in total. The summed E-state index contributed by atoms with van der Waals surface area (Å²) in [4.78, 5) is 13.4. The van der Waals surface area contributed by atoms with E-state index in [1.54, 1.807) is 18.4 Å². The van der Waals surface area contributed by atoms with E-state index in [1.807, 2.05) is 24.3 Å². The molecule has 9 heteroatoms. The standard InChI is InChI=1S/C21H26N2O6S/c1-21(20(26)22-27,30(2,28)29)11-13-23-12-10-18(15-19(23)25)17-8-6-16(7-9-17)5-3-4-14-24/h6-10,12,15,19,24-25,27H,4,11,13-14H2,1-2H3,(H,22,26)/t19?,21-/m0/s1. The van der Waals surface area contributed by atoms with Crippen LogP contribution in [0, 0.1) is 11.8 Å². The SMILES string of the molecule is C[C@](CCN1C=CC(c2ccc(C#CCCO)cc2)=CC1O)(C(=O)NO)S(C)(=O)=O. The van der Waals surface area contributed by atoms with Gasteiger partial charge in [0, 0.05) is 31.0 Å². The van der Waals surface area contributed by atoms with Gasteiger partial charge < -0.3 is 15.1 Å². The van der Waals surface area contributed by atoms with E-state index in [4.69, 9.17) is 10.3 Å². The van der Waals surface area contributed by atoms with Crippen molar-refractivity contribution in [3.63, 3.8) is 0 Å². The Balaban J connectivity index is 2.08. The molecule has 0 aliphatic carbocycles. The van der Waals surface area contributed by atoms with Gasteiger partial charge in [-0.2, -0.15) is 0 Å². The third-order valence-electron chi connectivity index (χ3n) is 5.05. The van der Waals surface area contributed by atoms with Gasteiger partial charge in [-0.3, -0.25) is 10.0 Å². The van der Waals surface area contributed by atoms with Crippen LogP contribution in [0.5, 0.6) is 0 Å². The molecule has 0 radical (unpaired) electrons. The largest absolute Gasteiger partial charge is 0.395 e. The first-order valence-electron chi connectivity index (χ1n) is 9.30. The Morgan fingerprint density at radius 1 is 1.30 bits per heavy atom. The van der Waals surface area contributed by atoms with Crippen LogP contribution in [0.4, 0.5) is 0 Å². The third-order valence-corrected chi connectivity index (χ3v) is 7.08. The summed E-state index contributed by atoms with van der Waals surface area (Å²) < 4.78 is 22.3. The molecule has 0 fully saturated rings. The number of sulfone groups is 1. The second-order valence-corrected chi connectivity index (χ2v) is 9.58. The minimum Gasteiger partial charge on any atom is -0.395 e. The predicted octanol–water partition coefficient (Wildman–Crippen LogP) is 0.650. The van der Waals surface area contributed by atoms with Crippen LogP contribution in [0.3, 0.4) is 0 Å². The molecule has 162 valence electrons. The number of hydrogen-bond donors (Lipinski definition) is 4. The van der Waals surface area contributed by atoms with E-state index in [0.717, 1.165) is 23.0 Å². The molecule has 1 aliphatic heterocycles. The zero-order valence-corrected chi connectivity index (χ0v) is 17.7. The lowest BCUT2D eigenvalue weighted by atomic mass is 10.0. The Kier molecular flexibility index (Phi) is 7.81. The first-order chi connectivity index (χ1) is 14.1. The van der Waals surface area contributed by atoms with Gasteiger partial charge in [0.2, 0.25) is 0 Å².